The minimum atomic E-state index is -0.972. The number of hydrogen-bond donors (Lipinski definition) is 1. The second-order valence-corrected chi connectivity index (χ2v) is 7.80. The predicted molar refractivity (Wildman–Crippen MR) is 111 cm³/mol. The van der Waals surface area contributed by atoms with Gasteiger partial charge in [-0.15, -0.1) is 12.8 Å². The first kappa shape index (κ1) is 26.1. The third kappa shape index (κ3) is 7.60. The van der Waals surface area contributed by atoms with Gasteiger partial charge in [-0.2, -0.15) is 0 Å². The number of primary amides is 1. The van der Waals surface area contributed by atoms with Crippen molar-refractivity contribution < 1.29 is 18.6 Å². The molecule has 0 aliphatic carbocycles. The highest BCUT2D eigenvalue weighted by molar-refractivity contribution is 7.82. The van der Waals surface area contributed by atoms with Gasteiger partial charge in [-0.25, -0.2) is 8.51 Å². The van der Waals surface area contributed by atoms with Crippen LogP contribution in [-0.2, 0) is 25.4 Å². The summed E-state index contributed by atoms with van der Waals surface area (Å²) in [5.74, 6) is -0.151. The first-order chi connectivity index (χ1) is 13.4. The van der Waals surface area contributed by atoms with Gasteiger partial charge in [0.05, 0.1) is 11.0 Å². The fourth-order valence-corrected chi connectivity index (χ4v) is 4.14. The molecule has 2 fully saturated rings. The molecule has 2 aliphatic heterocycles. The molecule has 0 saturated carbocycles. The van der Waals surface area contributed by atoms with Crippen molar-refractivity contribution in [3.8, 4) is 12.8 Å². The Bertz CT molecular complexity index is 559. The second kappa shape index (κ2) is 14.1. The standard InChI is InChI=1S/C15H26N4O4S.C2H6.C2H2/c1-2-24(23)18-10-8-17(9-11-18)13(20)5-6-14(21)19-7-3-4-12(19)15(16)22;2*1-2/h12H,2-11H2,1H3,(H2,16,22);1-2H3;1-2H/t12-,24?;;/m0../s1. The van der Waals surface area contributed by atoms with E-state index in [1.165, 1.54) is 4.90 Å². The number of likely N-dealkylation sites (tertiary alicyclic amines) is 1. The molecule has 0 spiro atoms. The molecule has 1 unspecified atom stereocenters. The van der Waals surface area contributed by atoms with Crippen LogP contribution in [0.3, 0.4) is 0 Å². The van der Waals surface area contributed by atoms with Crippen LogP contribution in [0.25, 0.3) is 0 Å². The molecule has 2 atom stereocenters. The average Bonchev–Trinajstić information content (AvgIpc) is 3.24. The molecule has 0 bridgehead atoms. The lowest BCUT2D eigenvalue weighted by Crippen LogP contribution is -2.49. The summed E-state index contributed by atoms with van der Waals surface area (Å²) in [7, 11) is -0.972. The summed E-state index contributed by atoms with van der Waals surface area (Å²) in [5, 5.41) is 0. The maximum absolute atomic E-state index is 12.2. The second-order valence-electron chi connectivity index (χ2n) is 6.07. The molecular weight excluding hydrogens is 380 g/mol. The number of amides is 3. The fourth-order valence-electron chi connectivity index (χ4n) is 3.20. The van der Waals surface area contributed by atoms with Crippen molar-refractivity contribution in [2.75, 3.05) is 38.5 Å². The van der Waals surface area contributed by atoms with E-state index in [9.17, 15) is 18.6 Å². The highest BCUT2D eigenvalue weighted by Crippen LogP contribution is 2.18. The van der Waals surface area contributed by atoms with Gasteiger partial charge >= 0.3 is 0 Å². The van der Waals surface area contributed by atoms with Gasteiger partial charge in [0.15, 0.2) is 0 Å². The highest BCUT2D eigenvalue weighted by atomic mass is 32.2. The number of hydrogen-bond acceptors (Lipinski definition) is 4. The Kier molecular flexibility index (Phi) is 13.2. The summed E-state index contributed by atoms with van der Waals surface area (Å²) in [6.07, 6.45) is 9.61. The molecule has 160 valence electrons. The maximum Gasteiger partial charge on any atom is 0.240 e. The van der Waals surface area contributed by atoms with Crippen molar-refractivity contribution >= 4 is 28.7 Å². The van der Waals surface area contributed by atoms with Crippen LogP contribution in [0.4, 0.5) is 0 Å². The lowest BCUT2D eigenvalue weighted by molar-refractivity contribution is -0.140. The van der Waals surface area contributed by atoms with Crippen LogP contribution in [0.15, 0.2) is 0 Å². The zero-order chi connectivity index (χ0) is 21.7. The quantitative estimate of drug-likeness (QED) is 0.633. The van der Waals surface area contributed by atoms with E-state index in [1.807, 2.05) is 25.1 Å². The van der Waals surface area contributed by atoms with Gasteiger partial charge in [0.25, 0.3) is 0 Å². The van der Waals surface area contributed by atoms with E-state index in [2.05, 4.69) is 12.8 Å². The first-order valence-electron chi connectivity index (χ1n) is 9.77. The average molecular weight is 415 g/mol. The highest BCUT2D eigenvalue weighted by Gasteiger charge is 2.33. The fraction of sp³-hybridized carbons (Fsp3) is 0.737. The van der Waals surface area contributed by atoms with Crippen LogP contribution in [0, 0.1) is 12.8 Å². The third-order valence-corrected chi connectivity index (χ3v) is 6.02. The Morgan fingerprint density at radius 2 is 1.54 bits per heavy atom. The number of nitrogens with zero attached hydrogens (tertiary/aromatic N) is 3. The van der Waals surface area contributed by atoms with E-state index < -0.39 is 22.9 Å². The number of piperazine rings is 1. The molecule has 28 heavy (non-hydrogen) atoms. The SMILES string of the molecule is C#C.CC.CCS(=O)N1CCN(C(=O)CCC(=O)N2CCC[C@H]2C(N)=O)CC1. The van der Waals surface area contributed by atoms with Gasteiger partial charge in [-0.05, 0) is 12.8 Å². The Hall–Kier alpha value is -1.92. The Labute approximate surface area is 171 Å². The van der Waals surface area contributed by atoms with Crippen molar-refractivity contribution in [1.82, 2.24) is 14.1 Å². The van der Waals surface area contributed by atoms with E-state index in [-0.39, 0.29) is 24.7 Å². The van der Waals surface area contributed by atoms with Crippen LogP contribution in [0.1, 0.15) is 46.5 Å². The van der Waals surface area contributed by atoms with Gasteiger partial charge in [0.1, 0.15) is 6.04 Å². The monoisotopic (exact) mass is 414 g/mol. The molecule has 8 nitrogen and oxygen atoms in total. The topological polar surface area (TPSA) is 104 Å². The Morgan fingerprint density at radius 1 is 1.00 bits per heavy atom. The molecule has 2 heterocycles. The maximum atomic E-state index is 12.2. The Morgan fingerprint density at radius 3 is 2.04 bits per heavy atom. The van der Waals surface area contributed by atoms with Gasteiger partial charge < -0.3 is 15.5 Å². The summed E-state index contributed by atoms with van der Waals surface area (Å²) < 4.78 is 13.6. The molecule has 0 aromatic rings. The molecule has 0 radical (unpaired) electrons. The molecule has 3 amide bonds. The zero-order valence-corrected chi connectivity index (χ0v) is 18.1. The predicted octanol–water partition coefficient (Wildman–Crippen LogP) is 0.346. The van der Waals surface area contributed by atoms with E-state index >= 15 is 0 Å². The van der Waals surface area contributed by atoms with Crippen LogP contribution >= 0.6 is 0 Å². The van der Waals surface area contributed by atoms with Gasteiger partial charge in [-0.1, -0.05) is 20.8 Å². The lowest BCUT2D eigenvalue weighted by atomic mass is 10.2. The molecule has 2 rings (SSSR count). The number of nitrogens with two attached hydrogens (primary N) is 1. The van der Waals surface area contributed by atoms with Crippen molar-refractivity contribution in [3.63, 3.8) is 0 Å². The zero-order valence-electron chi connectivity index (χ0n) is 17.3. The van der Waals surface area contributed by atoms with Crippen LogP contribution in [-0.4, -0.2) is 80.6 Å². The van der Waals surface area contributed by atoms with E-state index in [1.54, 1.807) is 4.90 Å². The van der Waals surface area contributed by atoms with E-state index in [0.29, 0.717) is 44.9 Å². The minimum Gasteiger partial charge on any atom is -0.368 e. The van der Waals surface area contributed by atoms with Gasteiger partial charge in [-0.3, -0.25) is 14.4 Å². The number of carbonyl (C=O) groups is 3. The summed E-state index contributed by atoms with van der Waals surface area (Å²) in [4.78, 5) is 39.0. The summed E-state index contributed by atoms with van der Waals surface area (Å²) in [6, 6.07) is -0.528. The van der Waals surface area contributed by atoms with Gasteiger partial charge in [0.2, 0.25) is 17.7 Å². The van der Waals surface area contributed by atoms with Crippen LogP contribution < -0.4 is 5.73 Å². The summed E-state index contributed by atoms with van der Waals surface area (Å²) in [5.41, 5.74) is 5.31. The number of terminal acetylenes is 1. The third-order valence-electron chi connectivity index (χ3n) is 4.58. The number of rotatable bonds is 6. The normalized spacial score (nSPS) is 20.2. The van der Waals surface area contributed by atoms with E-state index in [0.717, 1.165) is 6.42 Å². The molecule has 2 saturated heterocycles. The summed E-state index contributed by atoms with van der Waals surface area (Å²) >= 11 is 0. The van der Waals surface area contributed by atoms with E-state index in [4.69, 9.17) is 5.73 Å². The smallest absolute Gasteiger partial charge is 0.240 e. The summed E-state index contributed by atoms with van der Waals surface area (Å²) in [6.45, 7) is 8.66. The first-order valence-corrected chi connectivity index (χ1v) is 11.0. The molecule has 0 aromatic heterocycles. The molecule has 2 aliphatic rings. The largest absolute Gasteiger partial charge is 0.368 e. The van der Waals surface area contributed by atoms with Crippen molar-refractivity contribution in [1.29, 1.82) is 0 Å². The number of carbonyl (C=O) groups excluding carboxylic acids is 3. The molecule has 0 aromatic carbocycles. The van der Waals surface area contributed by atoms with Crippen LogP contribution in [0.5, 0.6) is 0 Å². The van der Waals surface area contributed by atoms with Gasteiger partial charge in [0, 0.05) is 51.3 Å². The van der Waals surface area contributed by atoms with Crippen molar-refractivity contribution in [2.45, 2.75) is 52.5 Å². The molecular formula is C19H34N4O4S. The molecule has 9 heteroatoms. The lowest BCUT2D eigenvalue weighted by Gasteiger charge is -2.33. The van der Waals surface area contributed by atoms with Crippen molar-refractivity contribution in [2.24, 2.45) is 5.73 Å². The van der Waals surface area contributed by atoms with Crippen LogP contribution in [0.2, 0.25) is 0 Å². The Balaban J connectivity index is 0.00000171. The minimum absolute atomic E-state index is 0.0693. The molecule has 2 N–H and O–H groups in total. The van der Waals surface area contributed by atoms with Crippen molar-refractivity contribution in [3.05, 3.63) is 0 Å².